The van der Waals surface area contributed by atoms with Crippen LogP contribution in [0.15, 0.2) is 36.4 Å². The molecule has 0 saturated carbocycles. The van der Waals surface area contributed by atoms with E-state index in [1.165, 1.54) is 18.2 Å². The van der Waals surface area contributed by atoms with Gasteiger partial charge in [0.15, 0.2) is 0 Å². The van der Waals surface area contributed by atoms with Crippen LogP contribution in [0.2, 0.25) is 0 Å². The van der Waals surface area contributed by atoms with E-state index in [-0.39, 0.29) is 17.7 Å². The molecule has 0 atom stereocenters. The molecule has 20 heavy (non-hydrogen) atoms. The van der Waals surface area contributed by atoms with Gasteiger partial charge in [-0.3, -0.25) is 4.79 Å². The zero-order valence-corrected chi connectivity index (χ0v) is 11.0. The smallest absolute Gasteiger partial charge is 0.248 e. The van der Waals surface area contributed by atoms with Crippen LogP contribution in [-0.2, 0) is 6.61 Å². The molecule has 0 bridgehead atoms. The fourth-order valence-corrected chi connectivity index (χ4v) is 1.76. The lowest BCUT2D eigenvalue weighted by Gasteiger charge is -2.11. The molecule has 0 unspecified atom stereocenters. The summed E-state index contributed by atoms with van der Waals surface area (Å²) >= 11 is 0. The molecule has 2 aromatic carbocycles. The van der Waals surface area contributed by atoms with Crippen LogP contribution >= 0.6 is 0 Å². The zero-order valence-electron chi connectivity index (χ0n) is 11.0. The number of amides is 1. The molecule has 4 nitrogen and oxygen atoms in total. The summed E-state index contributed by atoms with van der Waals surface area (Å²) in [5.41, 5.74) is 12.9. The lowest BCUT2D eigenvalue weighted by atomic mass is 10.1. The average Bonchev–Trinajstić information content (AvgIpc) is 2.41. The minimum absolute atomic E-state index is 0.0272. The number of carbonyl (C=O) groups is 1. The third-order valence-corrected chi connectivity index (χ3v) is 2.88. The summed E-state index contributed by atoms with van der Waals surface area (Å²) in [7, 11) is 0. The summed E-state index contributed by atoms with van der Waals surface area (Å²) in [5, 5.41) is 0. The molecule has 5 heteroatoms. The van der Waals surface area contributed by atoms with Crippen LogP contribution in [-0.4, -0.2) is 5.91 Å². The summed E-state index contributed by atoms with van der Waals surface area (Å²) < 4.78 is 19.2. The first kappa shape index (κ1) is 13.9. The van der Waals surface area contributed by atoms with Gasteiger partial charge in [0.05, 0.1) is 5.69 Å². The Kier molecular flexibility index (Phi) is 3.89. The van der Waals surface area contributed by atoms with Gasteiger partial charge in [-0.2, -0.15) is 0 Å². The lowest BCUT2D eigenvalue weighted by molar-refractivity contribution is 0.1000. The predicted octanol–water partition coefficient (Wildman–Crippen LogP) is 2.39. The molecular formula is C15H15FN2O2. The Morgan fingerprint density at radius 2 is 2.00 bits per heavy atom. The Morgan fingerprint density at radius 1 is 1.25 bits per heavy atom. The number of carbonyl (C=O) groups excluding carboxylic acids is 1. The third kappa shape index (κ3) is 3.06. The highest BCUT2D eigenvalue weighted by molar-refractivity contribution is 5.92. The summed E-state index contributed by atoms with van der Waals surface area (Å²) in [6.07, 6.45) is 0. The van der Waals surface area contributed by atoms with Crippen LogP contribution in [0.1, 0.15) is 21.5 Å². The molecule has 0 heterocycles. The van der Waals surface area contributed by atoms with Crippen molar-refractivity contribution in [1.29, 1.82) is 0 Å². The Morgan fingerprint density at radius 3 is 2.70 bits per heavy atom. The first-order chi connectivity index (χ1) is 9.47. The third-order valence-electron chi connectivity index (χ3n) is 2.88. The molecule has 0 aliphatic carbocycles. The van der Waals surface area contributed by atoms with Gasteiger partial charge in [-0.15, -0.1) is 0 Å². The second kappa shape index (κ2) is 5.61. The normalized spacial score (nSPS) is 10.3. The first-order valence-electron chi connectivity index (χ1n) is 6.04. The van der Waals surface area contributed by atoms with E-state index in [0.717, 1.165) is 5.56 Å². The van der Waals surface area contributed by atoms with Crippen molar-refractivity contribution in [3.8, 4) is 5.75 Å². The Balaban J connectivity index is 2.20. The molecule has 0 radical (unpaired) electrons. The van der Waals surface area contributed by atoms with Crippen molar-refractivity contribution >= 4 is 11.6 Å². The van der Waals surface area contributed by atoms with Crippen molar-refractivity contribution in [1.82, 2.24) is 0 Å². The highest BCUT2D eigenvalue weighted by Crippen LogP contribution is 2.24. The molecule has 104 valence electrons. The van der Waals surface area contributed by atoms with Crippen molar-refractivity contribution in [2.45, 2.75) is 13.5 Å². The summed E-state index contributed by atoms with van der Waals surface area (Å²) in [5.74, 6) is -0.587. The molecule has 4 N–H and O–H groups in total. The quantitative estimate of drug-likeness (QED) is 0.840. The summed E-state index contributed by atoms with van der Waals surface area (Å²) in [4.78, 5) is 11.1. The maximum atomic E-state index is 13.7. The molecular weight excluding hydrogens is 259 g/mol. The lowest BCUT2D eigenvalue weighted by Crippen LogP contribution is -2.12. The van der Waals surface area contributed by atoms with Gasteiger partial charge in [0, 0.05) is 11.1 Å². The van der Waals surface area contributed by atoms with Crippen LogP contribution < -0.4 is 16.2 Å². The first-order valence-corrected chi connectivity index (χ1v) is 6.04. The molecule has 0 saturated heterocycles. The van der Waals surface area contributed by atoms with E-state index in [9.17, 15) is 9.18 Å². The van der Waals surface area contributed by atoms with E-state index >= 15 is 0 Å². The van der Waals surface area contributed by atoms with Crippen LogP contribution in [0.4, 0.5) is 10.1 Å². The Labute approximate surface area is 116 Å². The number of primary amides is 1. The van der Waals surface area contributed by atoms with Crippen LogP contribution in [0.5, 0.6) is 5.75 Å². The van der Waals surface area contributed by atoms with Gasteiger partial charge in [0.1, 0.15) is 18.2 Å². The van der Waals surface area contributed by atoms with Crippen molar-refractivity contribution in [2.24, 2.45) is 5.73 Å². The summed E-state index contributed by atoms with van der Waals surface area (Å²) in [6.45, 7) is 1.88. The van der Waals surface area contributed by atoms with Crippen molar-refractivity contribution in [3.05, 3.63) is 58.9 Å². The maximum absolute atomic E-state index is 13.7. The monoisotopic (exact) mass is 274 g/mol. The van der Waals surface area contributed by atoms with Crippen LogP contribution in [0.3, 0.4) is 0 Å². The van der Waals surface area contributed by atoms with Gasteiger partial charge in [-0.1, -0.05) is 6.07 Å². The number of nitrogens with two attached hydrogens (primary N) is 2. The Hall–Kier alpha value is -2.56. The van der Waals surface area contributed by atoms with E-state index in [2.05, 4.69) is 0 Å². The van der Waals surface area contributed by atoms with E-state index in [0.29, 0.717) is 11.4 Å². The van der Waals surface area contributed by atoms with Crippen molar-refractivity contribution < 1.29 is 13.9 Å². The predicted molar refractivity (Wildman–Crippen MR) is 74.8 cm³/mol. The zero-order chi connectivity index (χ0) is 14.7. The number of halogens is 1. The standard InChI is InChI=1S/C15H15FN2O2/c1-9-2-5-13(17)14(6-9)20-8-11-7-10(15(18)19)3-4-12(11)16/h2-7H,8,17H2,1H3,(H2,18,19). The fraction of sp³-hybridized carbons (Fsp3) is 0.133. The van der Waals surface area contributed by atoms with E-state index in [4.69, 9.17) is 16.2 Å². The summed E-state index contributed by atoms with van der Waals surface area (Å²) in [6, 6.07) is 9.26. The topological polar surface area (TPSA) is 78.3 Å². The van der Waals surface area contributed by atoms with Gasteiger partial charge >= 0.3 is 0 Å². The number of nitrogen functional groups attached to an aromatic ring is 1. The van der Waals surface area contributed by atoms with Crippen LogP contribution in [0, 0.1) is 12.7 Å². The number of hydrogen-bond donors (Lipinski definition) is 2. The van der Waals surface area contributed by atoms with Gasteiger partial charge in [-0.25, -0.2) is 4.39 Å². The Bertz CT molecular complexity index is 656. The molecule has 0 fully saturated rings. The number of anilines is 1. The van der Waals surface area contributed by atoms with Gasteiger partial charge in [0.25, 0.3) is 0 Å². The number of hydrogen-bond acceptors (Lipinski definition) is 3. The number of benzene rings is 2. The minimum atomic E-state index is -0.610. The molecule has 0 aliphatic heterocycles. The average molecular weight is 274 g/mol. The van der Waals surface area contributed by atoms with E-state index < -0.39 is 11.7 Å². The molecule has 1 amide bonds. The minimum Gasteiger partial charge on any atom is -0.487 e. The fourth-order valence-electron chi connectivity index (χ4n) is 1.76. The van der Waals surface area contributed by atoms with Crippen molar-refractivity contribution in [3.63, 3.8) is 0 Å². The highest BCUT2D eigenvalue weighted by Gasteiger charge is 2.09. The maximum Gasteiger partial charge on any atom is 0.248 e. The molecule has 0 spiro atoms. The highest BCUT2D eigenvalue weighted by atomic mass is 19.1. The van der Waals surface area contributed by atoms with Crippen molar-refractivity contribution in [2.75, 3.05) is 5.73 Å². The number of aryl methyl sites for hydroxylation is 1. The molecule has 0 aliphatic rings. The number of ether oxygens (including phenoxy) is 1. The second-order valence-electron chi connectivity index (χ2n) is 4.50. The largest absolute Gasteiger partial charge is 0.487 e. The molecule has 2 rings (SSSR count). The van der Waals surface area contributed by atoms with Gasteiger partial charge in [0.2, 0.25) is 5.91 Å². The SMILES string of the molecule is Cc1ccc(N)c(OCc2cc(C(N)=O)ccc2F)c1. The molecule has 2 aromatic rings. The van der Waals surface area contributed by atoms with Crippen LogP contribution in [0.25, 0.3) is 0 Å². The van der Waals surface area contributed by atoms with Gasteiger partial charge < -0.3 is 16.2 Å². The van der Waals surface area contributed by atoms with E-state index in [1.807, 2.05) is 13.0 Å². The van der Waals surface area contributed by atoms with Gasteiger partial charge in [-0.05, 0) is 42.8 Å². The number of rotatable bonds is 4. The second-order valence-corrected chi connectivity index (χ2v) is 4.50. The van der Waals surface area contributed by atoms with E-state index in [1.54, 1.807) is 12.1 Å². The molecule has 0 aromatic heterocycles.